The summed E-state index contributed by atoms with van der Waals surface area (Å²) in [5.41, 5.74) is 9.63. The molecular weight excluding hydrogens is 358 g/mol. The van der Waals surface area contributed by atoms with E-state index < -0.39 is 0 Å². The molecule has 0 spiro atoms. The Labute approximate surface area is 170 Å². The van der Waals surface area contributed by atoms with E-state index in [9.17, 15) is 0 Å². The minimum atomic E-state index is 0. The van der Waals surface area contributed by atoms with Gasteiger partial charge in [0.15, 0.2) is 0 Å². The Balaban J connectivity index is 0.00000165. The molecule has 3 aromatic rings. The van der Waals surface area contributed by atoms with Crippen LogP contribution in [-0.2, 0) is 0 Å². The Morgan fingerprint density at radius 3 is 2.93 bits per heavy atom. The highest BCUT2D eigenvalue weighted by Gasteiger charge is 2.41. The third-order valence-corrected chi connectivity index (χ3v) is 7.67. The highest BCUT2D eigenvalue weighted by Crippen LogP contribution is 2.56. The lowest BCUT2D eigenvalue weighted by molar-refractivity contribution is 1.00. The van der Waals surface area contributed by atoms with Gasteiger partial charge < -0.3 is 4.98 Å². The van der Waals surface area contributed by atoms with Gasteiger partial charge in [-0.05, 0) is 47.4 Å². The topological polar surface area (TPSA) is 15.8 Å². The average Bonchev–Trinajstić information content (AvgIpc) is 3.48. The van der Waals surface area contributed by atoms with E-state index in [0.29, 0.717) is 5.92 Å². The standard InChI is InChI=1S/C26H19NS.H2/c1-2-6-17-21(8-3-1)28-22-9-5-4-7-18(22)25-24(17)19-13-12-15-10-11-16-14-20(16)23(15)26(19)27-25;/h2-13,16,20,27H,1,14H2;1H. The van der Waals surface area contributed by atoms with Crippen molar-refractivity contribution in [1.29, 1.82) is 0 Å². The van der Waals surface area contributed by atoms with Crippen molar-refractivity contribution in [3.05, 3.63) is 88.4 Å². The maximum Gasteiger partial charge on any atom is 0.0556 e. The minimum Gasteiger partial charge on any atom is -0.354 e. The molecule has 2 unspecified atom stereocenters. The second-order valence-electron chi connectivity index (χ2n) is 8.15. The molecule has 2 aromatic carbocycles. The van der Waals surface area contributed by atoms with E-state index >= 15 is 0 Å². The molecule has 2 heteroatoms. The van der Waals surface area contributed by atoms with Crippen LogP contribution in [0.25, 0.3) is 33.8 Å². The predicted octanol–water partition coefficient (Wildman–Crippen LogP) is 7.54. The molecule has 7 rings (SSSR count). The van der Waals surface area contributed by atoms with Crippen molar-refractivity contribution in [2.75, 3.05) is 0 Å². The lowest BCUT2D eigenvalue weighted by Crippen LogP contribution is -1.94. The zero-order valence-corrected chi connectivity index (χ0v) is 16.2. The first-order chi connectivity index (χ1) is 13.9. The second-order valence-corrected chi connectivity index (χ2v) is 9.23. The van der Waals surface area contributed by atoms with E-state index in [2.05, 4.69) is 77.8 Å². The zero-order chi connectivity index (χ0) is 18.2. The third kappa shape index (κ3) is 1.99. The van der Waals surface area contributed by atoms with Gasteiger partial charge in [-0.25, -0.2) is 0 Å². The van der Waals surface area contributed by atoms with E-state index in [1.54, 1.807) is 5.56 Å². The van der Waals surface area contributed by atoms with Crippen molar-refractivity contribution in [2.45, 2.75) is 23.7 Å². The Hall–Kier alpha value is -2.71. The van der Waals surface area contributed by atoms with Crippen LogP contribution in [0.15, 0.2) is 76.6 Å². The largest absolute Gasteiger partial charge is 0.354 e. The molecule has 1 saturated carbocycles. The fourth-order valence-corrected chi connectivity index (χ4v) is 6.21. The highest BCUT2D eigenvalue weighted by molar-refractivity contribution is 8.03. The van der Waals surface area contributed by atoms with Gasteiger partial charge in [0.2, 0.25) is 0 Å². The molecule has 2 atom stereocenters. The maximum atomic E-state index is 3.91. The predicted molar refractivity (Wildman–Crippen MR) is 121 cm³/mol. The summed E-state index contributed by atoms with van der Waals surface area (Å²) in [6.07, 6.45) is 16.2. The summed E-state index contributed by atoms with van der Waals surface area (Å²) in [4.78, 5) is 6.59. The van der Waals surface area contributed by atoms with Crippen LogP contribution in [0.4, 0.5) is 0 Å². The van der Waals surface area contributed by atoms with E-state index in [-0.39, 0.29) is 1.43 Å². The van der Waals surface area contributed by atoms with E-state index in [0.717, 1.165) is 12.3 Å². The number of H-pyrrole nitrogens is 1. The van der Waals surface area contributed by atoms with Gasteiger partial charge in [-0.3, -0.25) is 0 Å². The number of aromatic nitrogens is 1. The zero-order valence-electron chi connectivity index (χ0n) is 15.4. The average molecular weight is 380 g/mol. The third-order valence-electron chi connectivity index (χ3n) is 6.52. The molecule has 1 fully saturated rings. The summed E-state index contributed by atoms with van der Waals surface area (Å²) in [7, 11) is 0. The number of thioether (sulfide) groups is 1. The molecule has 0 radical (unpaired) electrons. The van der Waals surface area contributed by atoms with E-state index in [4.69, 9.17) is 0 Å². The molecule has 3 aliphatic carbocycles. The first-order valence-corrected chi connectivity index (χ1v) is 10.9. The van der Waals surface area contributed by atoms with Crippen molar-refractivity contribution in [3.63, 3.8) is 0 Å². The summed E-state index contributed by atoms with van der Waals surface area (Å²) < 4.78 is 0. The maximum absolute atomic E-state index is 3.91. The molecule has 1 aromatic heterocycles. The van der Waals surface area contributed by atoms with Crippen molar-refractivity contribution in [3.8, 4) is 11.3 Å². The fourth-order valence-electron chi connectivity index (χ4n) is 5.10. The monoisotopic (exact) mass is 379 g/mol. The molecule has 1 aliphatic heterocycles. The Morgan fingerprint density at radius 2 is 1.93 bits per heavy atom. The second kappa shape index (κ2) is 5.42. The van der Waals surface area contributed by atoms with Gasteiger partial charge in [0.25, 0.3) is 0 Å². The lowest BCUT2D eigenvalue weighted by Gasteiger charge is -2.12. The number of hydrogen-bond acceptors (Lipinski definition) is 1. The molecule has 1 nitrogen and oxygen atoms in total. The van der Waals surface area contributed by atoms with Crippen LogP contribution < -0.4 is 0 Å². The first-order valence-electron chi connectivity index (χ1n) is 10.1. The summed E-state index contributed by atoms with van der Waals surface area (Å²) in [5.74, 6) is 1.45. The van der Waals surface area contributed by atoms with E-state index in [1.165, 1.54) is 55.1 Å². The molecule has 0 bridgehead atoms. The molecule has 136 valence electrons. The van der Waals surface area contributed by atoms with Crippen LogP contribution in [0.2, 0.25) is 0 Å². The smallest absolute Gasteiger partial charge is 0.0556 e. The van der Waals surface area contributed by atoms with Gasteiger partial charge in [0.1, 0.15) is 0 Å². The number of allylic oxidation sites excluding steroid dienone is 6. The lowest BCUT2D eigenvalue weighted by atomic mass is 9.92. The summed E-state index contributed by atoms with van der Waals surface area (Å²) in [6.45, 7) is 0. The normalized spacial score (nSPS) is 23.4. The molecule has 0 saturated heterocycles. The van der Waals surface area contributed by atoms with Gasteiger partial charge >= 0.3 is 0 Å². The van der Waals surface area contributed by atoms with Crippen molar-refractivity contribution in [2.24, 2.45) is 5.92 Å². The number of fused-ring (bicyclic) bond motifs is 10. The Bertz CT molecular complexity index is 1300. The molecular formula is C26H21NS. The van der Waals surface area contributed by atoms with Crippen molar-refractivity contribution < 1.29 is 1.43 Å². The van der Waals surface area contributed by atoms with Crippen LogP contribution >= 0.6 is 11.8 Å². The van der Waals surface area contributed by atoms with Gasteiger partial charge in [-0.15, -0.1) is 0 Å². The van der Waals surface area contributed by atoms with Crippen LogP contribution in [0, 0.1) is 5.92 Å². The van der Waals surface area contributed by atoms with Crippen LogP contribution in [0.3, 0.4) is 0 Å². The summed E-state index contributed by atoms with van der Waals surface area (Å²) >= 11 is 1.89. The van der Waals surface area contributed by atoms with Gasteiger partial charge in [0, 0.05) is 27.7 Å². The van der Waals surface area contributed by atoms with Gasteiger partial charge in [-0.2, -0.15) is 0 Å². The summed E-state index contributed by atoms with van der Waals surface area (Å²) in [6, 6.07) is 13.5. The Kier molecular flexibility index (Phi) is 2.95. The Morgan fingerprint density at radius 1 is 1.00 bits per heavy atom. The fraction of sp³-hybridized carbons (Fsp3) is 0.154. The van der Waals surface area contributed by atoms with Gasteiger partial charge in [0.05, 0.1) is 11.2 Å². The van der Waals surface area contributed by atoms with Crippen LogP contribution in [0.1, 0.15) is 36.9 Å². The molecule has 4 aliphatic rings. The SMILES string of the molecule is C1=CC2=C(C=CC1)c1c([nH]c3c4c(ccc13)C=CC1CC41)-c1ccccc1S2.[HH]. The van der Waals surface area contributed by atoms with Crippen molar-refractivity contribution >= 4 is 34.3 Å². The number of rotatable bonds is 0. The quantitative estimate of drug-likeness (QED) is 0.426. The molecule has 1 N–H and O–H groups in total. The number of nitrogens with one attached hydrogen (secondary N) is 1. The van der Waals surface area contributed by atoms with Crippen LogP contribution in [0.5, 0.6) is 0 Å². The summed E-state index contributed by atoms with van der Waals surface area (Å²) in [5, 5.41) is 1.37. The van der Waals surface area contributed by atoms with Gasteiger partial charge in [-0.1, -0.05) is 78.5 Å². The molecule has 28 heavy (non-hydrogen) atoms. The minimum absolute atomic E-state index is 0. The van der Waals surface area contributed by atoms with Crippen molar-refractivity contribution in [1.82, 2.24) is 4.98 Å². The number of hydrogen-bond donors (Lipinski definition) is 1. The number of benzene rings is 2. The highest BCUT2D eigenvalue weighted by atomic mass is 32.2. The van der Waals surface area contributed by atoms with E-state index in [1.807, 2.05) is 11.8 Å². The molecule has 2 heterocycles. The number of aromatic amines is 1. The van der Waals surface area contributed by atoms with Crippen LogP contribution in [-0.4, -0.2) is 4.98 Å². The first kappa shape index (κ1) is 15.2. The molecule has 0 amide bonds.